The van der Waals surface area contributed by atoms with Gasteiger partial charge in [-0.15, -0.1) is 0 Å². The summed E-state index contributed by atoms with van der Waals surface area (Å²) in [7, 11) is -1.35. The summed E-state index contributed by atoms with van der Waals surface area (Å²) >= 11 is 6.16. The van der Waals surface area contributed by atoms with Crippen LogP contribution in [0.2, 0.25) is 19.1 Å². The molecule has 13 heavy (non-hydrogen) atoms. The van der Waals surface area contributed by atoms with Gasteiger partial charge in [0.15, 0.2) is 0 Å². The number of rotatable bonds is 7. The molecular weight excluding hydrogens is 202 g/mol. The highest BCUT2D eigenvalue weighted by Crippen LogP contribution is 2.18. The van der Waals surface area contributed by atoms with Gasteiger partial charge in [0.25, 0.3) is 0 Å². The van der Waals surface area contributed by atoms with Crippen LogP contribution in [0.15, 0.2) is 4.99 Å². The van der Waals surface area contributed by atoms with Crippen molar-refractivity contribution in [2.45, 2.75) is 44.8 Å². The summed E-state index contributed by atoms with van der Waals surface area (Å²) in [5.41, 5.74) is 0. The second-order valence-corrected chi connectivity index (χ2v) is 10.9. The molecule has 0 aliphatic carbocycles. The Morgan fingerprint density at radius 2 is 1.85 bits per heavy atom. The number of isocyanates is 1. The summed E-state index contributed by atoms with van der Waals surface area (Å²) < 4.78 is 0. The zero-order valence-electron chi connectivity index (χ0n) is 8.48. The standard InChI is InChI=1S/C9H18ClNOSi/c1-13(2,10)8-6-4-3-5-7-11-9-12/h3-8H2,1-2H3. The number of halogens is 1. The van der Waals surface area contributed by atoms with Gasteiger partial charge in [0, 0.05) is 0 Å². The summed E-state index contributed by atoms with van der Waals surface area (Å²) in [6.07, 6.45) is 6.11. The van der Waals surface area contributed by atoms with Crippen LogP contribution in [0.5, 0.6) is 0 Å². The third kappa shape index (κ3) is 11.9. The van der Waals surface area contributed by atoms with Crippen LogP contribution >= 0.6 is 11.1 Å². The van der Waals surface area contributed by atoms with Crippen molar-refractivity contribution in [3.63, 3.8) is 0 Å². The van der Waals surface area contributed by atoms with Gasteiger partial charge in [-0.05, 0) is 12.5 Å². The van der Waals surface area contributed by atoms with E-state index in [1.54, 1.807) is 6.08 Å². The molecule has 0 aromatic carbocycles. The van der Waals surface area contributed by atoms with Crippen LogP contribution < -0.4 is 0 Å². The molecule has 76 valence electrons. The quantitative estimate of drug-likeness (QED) is 0.212. The van der Waals surface area contributed by atoms with Gasteiger partial charge in [0.2, 0.25) is 6.08 Å². The van der Waals surface area contributed by atoms with Crippen molar-refractivity contribution in [1.82, 2.24) is 0 Å². The molecule has 0 atom stereocenters. The Kier molecular flexibility index (Phi) is 7.24. The first-order valence-electron chi connectivity index (χ1n) is 4.79. The van der Waals surface area contributed by atoms with E-state index in [0.29, 0.717) is 6.54 Å². The molecule has 0 aromatic rings. The zero-order valence-corrected chi connectivity index (χ0v) is 10.2. The maximum Gasteiger partial charge on any atom is 0.234 e. The molecule has 0 heterocycles. The van der Waals surface area contributed by atoms with Crippen molar-refractivity contribution < 1.29 is 4.79 Å². The molecule has 0 aliphatic heterocycles. The van der Waals surface area contributed by atoms with Crippen molar-refractivity contribution in [3.8, 4) is 0 Å². The lowest BCUT2D eigenvalue weighted by atomic mass is 10.2. The van der Waals surface area contributed by atoms with Crippen LogP contribution in [0.3, 0.4) is 0 Å². The fourth-order valence-electron chi connectivity index (χ4n) is 1.14. The maximum atomic E-state index is 9.72. The van der Waals surface area contributed by atoms with Crippen molar-refractivity contribution >= 4 is 24.5 Å². The highest BCUT2D eigenvalue weighted by Gasteiger charge is 2.15. The minimum Gasteiger partial charge on any atom is -0.211 e. The SMILES string of the molecule is C[Si](C)(Cl)CCCCCCN=C=O. The monoisotopic (exact) mass is 219 g/mol. The Labute approximate surface area is 86.1 Å². The average Bonchev–Trinajstić information content (AvgIpc) is 2.01. The van der Waals surface area contributed by atoms with E-state index in [1.165, 1.54) is 18.9 Å². The number of carbonyl (C=O) groups excluding carboxylic acids is 1. The highest BCUT2D eigenvalue weighted by atomic mass is 35.6. The Balaban J connectivity index is 3.13. The lowest BCUT2D eigenvalue weighted by molar-refractivity contribution is 0.561. The van der Waals surface area contributed by atoms with Crippen LogP contribution in [0, 0.1) is 0 Å². The summed E-state index contributed by atoms with van der Waals surface area (Å²) in [5, 5.41) is 0. The van der Waals surface area contributed by atoms with Gasteiger partial charge < -0.3 is 0 Å². The average molecular weight is 220 g/mol. The maximum absolute atomic E-state index is 9.72. The van der Waals surface area contributed by atoms with Gasteiger partial charge in [-0.3, -0.25) is 0 Å². The lowest BCUT2D eigenvalue weighted by Gasteiger charge is -2.11. The normalized spacial score (nSPS) is 11.0. The van der Waals surface area contributed by atoms with E-state index in [1.807, 2.05) is 0 Å². The molecule has 0 amide bonds. The van der Waals surface area contributed by atoms with Crippen molar-refractivity contribution in [3.05, 3.63) is 0 Å². The van der Waals surface area contributed by atoms with E-state index < -0.39 is 7.38 Å². The first-order valence-corrected chi connectivity index (χ1v) is 9.01. The molecule has 4 heteroatoms. The van der Waals surface area contributed by atoms with Crippen molar-refractivity contribution in [2.24, 2.45) is 4.99 Å². The second-order valence-electron chi connectivity index (χ2n) is 3.86. The topological polar surface area (TPSA) is 29.4 Å². The van der Waals surface area contributed by atoms with Gasteiger partial charge in [-0.2, -0.15) is 11.1 Å². The molecule has 0 N–H and O–H groups in total. The van der Waals surface area contributed by atoms with Gasteiger partial charge >= 0.3 is 0 Å². The third-order valence-corrected chi connectivity index (χ3v) is 3.97. The fraction of sp³-hybridized carbons (Fsp3) is 0.889. The number of hydrogen-bond acceptors (Lipinski definition) is 2. The predicted molar refractivity (Wildman–Crippen MR) is 59.6 cm³/mol. The number of aliphatic imine (C=N–C) groups is 1. The molecule has 0 rings (SSSR count). The van der Waals surface area contributed by atoms with E-state index in [4.69, 9.17) is 11.1 Å². The Morgan fingerprint density at radius 3 is 2.38 bits per heavy atom. The largest absolute Gasteiger partial charge is 0.234 e. The molecule has 0 unspecified atom stereocenters. The van der Waals surface area contributed by atoms with E-state index >= 15 is 0 Å². The van der Waals surface area contributed by atoms with Gasteiger partial charge in [-0.1, -0.05) is 32.4 Å². The molecule has 0 spiro atoms. The van der Waals surface area contributed by atoms with Gasteiger partial charge in [0.1, 0.15) is 7.38 Å². The molecule has 0 fully saturated rings. The van der Waals surface area contributed by atoms with Gasteiger partial charge in [-0.25, -0.2) is 9.79 Å². The molecule has 2 nitrogen and oxygen atoms in total. The first kappa shape index (κ1) is 12.9. The van der Waals surface area contributed by atoms with Crippen LogP contribution in [-0.2, 0) is 4.79 Å². The molecule has 0 aliphatic rings. The minimum atomic E-state index is -1.35. The van der Waals surface area contributed by atoms with Crippen molar-refractivity contribution in [2.75, 3.05) is 6.54 Å². The highest BCUT2D eigenvalue weighted by molar-refractivity contribution is 7.19. The Bertz CT molecular complexity index is 173. The smallest absolute Gasteiger partial charge is 0.211 e. The summed E-state index contributed by atoms with van der Waals surface area (Å²) in [5.74, 6) is 0. The number of nitrogens with zero attached hydrogens (tertiary/aromatic N) is 1. The summed E-state index contributed by atoms with van der Waals surface area (Å²) in [6.45, 7) is 4.97. The van der Waals surface area contributed by atoms with E-state index in [9.17, 15) is 4.79 Å². The van der Waals surface area contributed by atoms with E-state index in [-0.39, 0.29) is 0 Å². The molecule has 0 saturated heterocycles. The first-order chi connectivity index (χ1) is 6.06. The molecule has 0 saturated carbocycles. The lowest BCUT2D eigenvalue weighted by Crippen LogP contribution is -2.14. The summed E-state index contributed by atoms with van der Waals surface area (Å²) in [4.78, 5) is 13.2. The molecule has 0 bridgehead atoms. The molecular formula is C9H18ClNOSi. The van der Waals surface area contributed by atoms with Crippen molar-refractivity contribution in [1.29, 1.82) is 0 Å². The predicted octanol–water partition coefficient (Wildman–Crippen LogP) is 3.33. The molecule has 0 radical (unpaired) electrons. The van der Waals surface area contributed by atoms with Gasteiger partial charge in [0.05, 0.1) is 6.54 Å². The van der Waals surface area contributed by atoms with Crippen LogP contribution in [0.1, 0.15) is 25.7 Å². The van der Waals surface area contributed by atoms with Crippen LogP contribution in [0.4, 0.5) is 0 Å². The Hall–Kier alpha value is -0.113. The second kappa shape index (κ2) is 7.31. The zero-order chi connectivity index (χ0) is 10.2. The van der Waals surface area contributed by atoms with Crippen LogP contribution in [0.25, 0.3) is 0 Å². The molecule has 0 aromatic heterocycles. The van der Waals surface area contributed by atoms with Crippen LogP contribution in [-0.4, -0.2) is 20.0 Å². The number of unbranched alkanes of at least 4 members (excludes halogenated alkanes) is 3. The third-order valence-electron chi connectivity index (χ3n) is 1.86. The minimum absolute atomic E-state index is 0.630. The summed E-state index contributed by atoms with van der Waals surface area (Å²) in [6, 6.07) is 1.19. The number of hydrogen-bond donors (Lipinski definition) is 0. The Morgan fingerprint density at radius 1 is 1.23 bits per heavy atom. The fourth-order valence-corrected chi connectivity index (χ4v) is 2.63. The van der Waals surface area contributed by atoms with E-state index in [2.05, 4.69) is 18.1 Å². The van der Waals surface area contributed by atoms with E-state index in [0.717, 1.165) is 12.8 Å².